The smallest absolute Gasteiger partial charge is 0.317 e. The number of rotatable bonds is 4. The maximum Gasteiger partial charge on any atom is 0.317 e. The predicted molar refractivity (Wildman–Crippen MR) is 86.5 cm³/mol. The Morgan fingerprint density at radius 1 is 1.09 bits per heavy atom. The second kappa shape index (κ2) is 6.32. The van der Waals surface area contributed by atoms with Crippen LogP contribution < -0.4 is 0 Å². The lowest BCUT2D eigenvalue weighted by atomic mass is 9.79. The van der Waals surface area contributed by atoms with Crippen LogP contribution in [0.25, 0.3) is 0 Å². The van der Waals surface area contributed by atoms with Crippen molar-refractivity contribution in [2.75, 3.05) is 20.2 Å². The van der Waals surface area contributed by atoms with Crippen molar-refractivity contribution in [3.05, 3.63) is 71.8 Å². The van der Waals surface area contributed by atoms with Gasteiger partial charge in [-0.25, -0.2) is 0 Å². The van der Waals surface area contributed by atoms with Crippen LogP contribution in [-0.4, -0.2) is 31.1 Å². The van der Waals surface area contributed by atoms with E-state index in [-0.39, 0.29) is 5.97 Å². The second-order valence-corrected chi connectivity index (χ2v) is 5.89. The topological polar surface area (TPSA) is 29.5 Å². The molecule has 1 aliphatic heterocycles. The first-order chi connectivity index (χ1) is 10.7. The van der Waals surface area contributed by atoms with E-state index in [0.29, 0.717) is 6.54 Å². The third-order valence-corrected chi connectivity index (χ3v) is 4.50. The van der Waals surface area contributed by atoms with Crippen LogP contribution in [0.15, 0.2) is 60.7 Å². The van der Waals surface area contributed by atoms with Gasteiger partial charge in [-0.1, -0.05) is 60.7 Å². The Morgan fingerprint density at radius 2 is 1.73 bits per heavy atom. The molecule has 1 aliphatic rings. The fraction of sp³-hybridized carbons (Fsp3) is 0.316. The molecule has 114 valence electrons. The highest BCUT2D eigenvalue weighted by Crippen LogP contribution is 2.36. The van der Waals surface area contributed by atoms with Crippen molar-refractivity contribution in [1.29, 1.82) is 0 Å². The molecule has 0 N–H and O–H groups in total. The fourth-order valence-electron chi connectivity index (χ4n) is 3.34. The Kier molecular flexibility index (Phi) is 4.25. The van der Waals surface area contributed by atoms with Crippen molar-refractivity contribution in [3.63, 3.8) is 0 Å². The van der Waals surface area contributed by atoms with Crippen LogP contribution in [-0.2, 0) is 21.5 Å². The van der Waals surface area contributed by atoms with Gasteiger partial charge in [0.1, 0.15) is 5.41 Å². The fourth-order valence-corrected chi connectivity index (χ4v) is 3.34. The normalized spacial score (nSPS) is 21.7. The summed E-state index contributed by atoms with van der Waals surface area (Å²) in [5.41, 5.74) is 1.79. The number of methoxy groups -OCH3 is 1. The summed E-state index contributed by atoms with van der Waals surface area (Å²) < 4.78 is 5.12. The lowest BCUT2D eigenvalue weighted by molar-refractivity contribution is -0.147. The summed E-state index contributed by atoms with van der Waals surface area (Å²) in [6.07, 6.45) is 0.802. The first-order valence-corrected chi connectivity index (χ1v) is 7.65. The number of nitrogens with zero attached hydrogens (tertiary/aromatic N) is 1. The third kappa shape index (κ3) is 2.77. The third-order valence-electron chi connectivity index (χ3n) is 4.50. The van der Waals surface area contributed by atoms with Crippen molar-refractivity contribution in [2.24, 2.45) is 0 Å². The molecule has 0 unspecified atom stereocenters. The zero-order valence-corrected chi connectivity index (χ0v) is 12.9. The second-order valence-electron chi connectivity index (χ2n) is 5.89. The van der Waals surface area contributed by atoms with E-state index in [2.05, 4.69) is 29.2 Å². The number of carbonyl (C=O) groups excluding carboxylic acids is 1. The number of esters is 1. The van der Waals surface area contributed by atoms with Crippen LogP contribution in [0, 0.1) is 0 Å². The molecular weight excluding hydrogens is 274 g/mol. The zero-order chi connectivity index (χ0) is 15.4. The van der Waals surface area contributed by atoms with Gasteiger partial charge in [0.15, 0.2) is 0 Å². The molecule has 3 nitrogen and oxygen atoms in total. The average molecular weight is 295 g/mol. The van der Waals surface area contributed by atoms with Crippen molar-refractivity contribution < 1.29 is 9.53 Å². The van der Waals surface area contributed by atoms with Crippen molar-refractivity contribution in [3.8, 4) is 0 Å². The molecule has 0 radical (unpaired) electrons. The van der Waals surface area contributed by atoms with Crippen molar-refractivity contribution in [2.45, 2.75) is 18.4 Å². The highest BCUT2D eigenvalue weighted by molar-refractivity contribution is 5.84. The van der Waals surface area contributed by atoms with Gasteiger partial charge in [0.05, 0.1) is 7.11 Å². The molecule has 1 heterocycles. The van der Waals surface area contributed by atoms with Crippen molar-refractivity contribution >= 4 is 5.97 Å². The largest absolute Gasteiger partial charge is 0.468 e. The molecule has 0 spiro atoms. The van der Waals surface area contributed by atoms with Crippen molar-refractivity contribution in [1.82, 2.24) is 4.90 Å². The molecule has 0 aromatic heterocycles. The van der Waals surface area contributed by atoms with E-state index < -0.39 is 5.41 Å². The van der Waals surface area contributed by atoms with Crippen LogP contribution in [0.5, 0.6) is 0 Å². The van der Waals surface area contributed by atoms with E-state index >= 15 is 0 Å². The Balaban J connectivity index is 1.83. The minimum absolute atomic E-state index is 0.130. The summed E-state index contributed by atoms with van der Waals surface area (Å²) >= 11 is 0. The highest BCUT2D eigenvalue weighted by Gasteiger charge is 2.46. The molecule has 2 aromatic carbocycles. The molecular formula is C19H21NO2. The van der Waals surface area contributed by atoms with Crippen LogP contribution >= 0.6 is 0 Å². The Labute approximate surface area is 131 Å². The quantitative estimate of drug-likeness (QED) is 0.812. The van der Waals surface area contributed by atoms with Crippen LogP contribution in [0.1, 0.15) is 17.5 Å². The molecule has 3 rings (SSSR count). The Bertz CT molecular complexity index is 626. The van der Waals surface area contributed by atoms with Gasteiger partial charge in [-0.2, -0.15) is 0 Å². The number of benzene rings is 2. The molecule has 1 fully saturated rings. The van der Waals surface area contributed by atoms with Gasteiger partial charge >= 0.3 is 5.97 Å². The molecule has 1 atom stereocenters. The minimum atomic E-state index is -0.537. The number of ether oxygens (including phenoxy) is 1. The maximum absolute atomic E-state index is 12.5. The van der Waals surface area contributed by atoms with Gasteiger partial charge < -0.3 is 4.74 Å². The highest BCUT2D eigenvalue weighted by atomic mass is 16.5. The standard InChI is InChI=1S/C19H21NO2/c1-22-18(21)19(17-10-6-3-7-11-17)12-13-20(15-19)14-16-8-4-2-5-9-16/h2-11H,12-15H2,1H3/t19-/m0/s1. The average Bonchev–Trinajstić information content (AvgIpc) is 3.01. The molecule has 3 heteroatoms. The van der Waals surface area contributed by atoms with E-state index in [1.165, 1.54) is 12.7 Å². The molecule has 0 saturated carbocycles. The summed E-state index contributed by atoms with van der Waals surface area (Å²) in [6, 6.07) is 20.4. The monoisotopic (exact) mass is 295 g/mol. The molecule has 1 saturated heterocycles. The number of carbonyl (C=O) groups is 1. The zero-order valence-electron chi connectivity index (χ0n) is 12.9. The van der Waals surface area contributed by atoms with Crippen LogP contribution in [0.4, 0.5) is 0 Å². The summed E-state index contributed by atoms with van der Waals surface area (Å²) in [4.78, 5) is 14.8. The number of hydrogen-bond donors (Lipinski definition) is 0. The van der Waals surface area contributed by atoms with Crippen LogP contribution in [0.3, 0.4) is 0 Å². The lowest BCUT2D eigenvalue weighted by Crippen LogP contribution is -2.39. The molecule has 0 aliphatic carbocycles. The van der Waals surface area contributed by atoms with Gasteiger partial charge in [0.25, 0.3) is 0 Å². The van der Waals surface area contributed by atoms with Gasteiger partial charge in [-0.15, -0.1) is 0 Å². The lowest BCUT2D eigenvalue weighted by Gasteiger charge is -2.27. The molecule has 22 heavy (non-hydrogen) atoms. The van der Waals surface area contributed by atoms with Gasteiger partial charge in [-0.3, -0.25) is 9.69 Å². The Morgan fingerprint density at radius 3 is 2.36 bits per heavy atom. The first kappa shape index (κ1) is 14.8. The van der Waals surface area contributed by atoms with E-state index in [1.807, 2.05) is 36.4 Å². The van der Waals surface area contributed by atoms with E-state index in [0.717, 1.165) is 25.1 Å². The van der Waals surface area contributed by atoms with Gasteiger partial charge in [-0.05, 0) is 17.5 Å². The summed E-state index contributed by atoms with van der Waals surface area (Å²) in [6.45, 7) is 2.48. The Hall–Kier alpha value is -2.13. The summed E-state index contributed by atoms with van der Waals surface area (Å²) in [5, 5.41) is 0. The van der Waals surface area contributed by atoms with Gasteiger partial charge in [0, 0.05) is 19.6 Å². The molecule has 0 bridgehead atoms. The summed E-state index contributed by atoms with van der Waals surface area (Å²) in [5.74, 6) is -0.130. The summed E-state index contributed by atoms with van der Waals surface area (Å²) in [7, 11) is 1.48. The van der Waals surface area contributed by atoms with Crippen LogP contribution in [0.2, 0.25) is 0 Å². The minimum Gasteiger partial charge on any atom is -0.468 e. The van der Waals surface area contributed by atoms with Gasteiger partial charge in [0.2, 0.25) is 0 Å². The molecule has 0 amide bonds. The number of hydrogen-bond acceptors (Lipinski definition) is 3. The predicted octanol–water partition coefficient (Wildman–Crippen LogP) is 3.00. The first-order valence-electron chi connectivity index (χ1n) is 7.65. The van der Waals surface area contributed by atoms with E-state index in [1.54, 1.807) is 0 Å². The number of likely N-dealkylation sites (tertiary alicyclic amines) is 1. The molecule has 2 aromatic rings. The van der Waals surface area contributed by atoms with E-state index in [4.69, 9.17) is 4.74 Å². The SMILES string of the molecule is COC(=O)[C@@]1(c2ccccc2)CCN(Cc2ccccc2)C1. The van der Waals surface area contributed by atoms with E-state index in [9.17, 15) is 4.79 Å². The maximum atomic E-state index is 12.5.